The Kier molecular flexibility index (Phi) is 7.17. The normalized spacial score (nSPS) is 19.2. The van der Waals surface area contributed by atoms with Crippen LogP contribution in [0.15, 0.2) is 29.2 Å². The van der Waals surface area contributed by atoms with E-state index in [0.29, 0.717) is 5.82 Å². The number of methoxy groups -OCH3 is 1. The van der Waals surface area contributed by atoms with Crippen molar-refractivity contribution in [2.45, 2.75) is 32.7 Å². The highest BCUT2D eigenvalue weighted by Gasteiger charge is 2.30. The van der Waals surface area contributed by atoms with Gasteiger partial charge in [-0.15, -0.1) is 0 Å². The highest BCUT2D eigenvalue weighted by Crippen LogP contribution is 2.32. The van der Waals surface area contributed by atoms with Gasteiger partial charge in [0.1, 0.15) is 11.6 Å². The Morgan fingerprint density at radius 1 is 1.31 bits per heavy atom. The van der Waals surface area contributed by atoms with Crippen molar-refractivity contribution in [1.82, 2.24) is 14.3 Å². The fourth-order valence-corrected chi connectivity index (χ4v) is 5.00. The lowest BCUT2D eigenvalue weighted by Crippen LogP contribution is -2.50. The van der Waals surface area contributed by atoms with Crippen LogP contribution in [0, 0.1) is 12.8 Å². The first-order valence-corrected chi connectivity index (χ1v) is 12.0. The molecule has 2 aromatic heterocycles. The number of amides is 1. The fourth-order valence-electron chi connectivity index (χ4n) is 3.96. The highest BCUT2D eigenvalue weighted by molar-refractivity contribution is 7.97. The lowest BCUT2D eigenvalue weighted by molar-refractivity contribution is -0.117. The molecule has 172 valence electrons. The third kappa shape index (κ3) is 5.51. The van der Waals surface area contributed by atoms with Crippen LogP contribution in [0.25, 0.3) is 11.1 Å². The van der Waals surface area contributed by atoms with Crippen molar-refractivity contribution in [3.8, 4) is 11.1 Å². The van der Waals surface area contributed by atoms with Crippen LogP contribution >= 0.6 is 11.9 Å². The molecule has 4 rings (SSSR count). The van der Waals surface area contributed by atoms with E-state index in [4.69, 9.17) is 4.74 Å². The minimum absolute atomic E-state index is 0.0222. The van der Waals surface area contributed by atoms with Crippen LogP contribution in [-0.4, -0.2) is 65.3 Å². The second kappa shape index (κ2) is 10.1. The van der Waals surface area contributed by atoms with Crippen molar-refractivity contribution < 1.29 is 9.53 Å². The summed E-state index contributed by atoms with van der Waals surface area (Å²) in [6.45, 7) is 7.54. The van der Waals surface area contributed by atoms with Crippen molar-refractivity contribution in [3.63, 3.8) is 0 Å². The zero-order valence-corrected chi connectivity index (χ0v) is 19.7. The van der Waals surface area contributed by atoms with Crippen molar-refractivity contribution >= 4 is 29.5 Å². The van der Waals surface area contributed by atoms with Gasteiger partial charge in [-0.1, -0.05) is 11.9 Å². The zero-order valence-electron chi connectivity index (χ0n) is 18.9. The van der Waals surface area contributed by atoms with Crippen LogP contribution in [0.5, 0.6) is 0 Å². The standard InChI is InChI=1S/C23H31N5O3S/c1-15-13-24-20(25-23(30)17-4-5-17)12-19(15)18-10-21(26-22(29)11-18)28-7-6-27(14-16(28)2)32-9-8-31-3/h10-13,16-17H,4-9,14H2,1-3H3,(H,26,29)(H,24,25,30). The number of pyridine rings is 2. The van der Waals surface area contributed by atoms with Gasteiger partial charge in [-0.3, -0.25) is 9.59 Å². The van der Waals surface area contributed by atoms with Crippen molar-refractivity contribution in [2.24, 2.45) is 5.92 Å². The van der Waals surface area contributed by atoms with E-state index >= 15 is 0 Å². The highest BCUT2D eigenvalue weighted by atomic mass is 32.2. The lowest BCUT2D eigenvalue weighted by Gasteiger charge is -2.40. The molecule has 1 saturated carbocycles. The Hall–Kier alpha value is -2.36. The molecule has 1 aliphatic carbocycles. The maximum absolute atomic E-state index is 12.5. The van der Waals surface area contributed by atoms with Gasteiger partial charge in [0.25, 0.3) is 0 Å². The van der Waals surface area contributed by atoms with E-state index in [1.54, 1.807) is 19.4 Å². The molecule has 0 radical (unpaired) electrons. The molecular weight excluding hydrogens is 426 g/mol. The molecule has 2 N–H and O–H groups in total. The van der Waals surface area contributed by atoms with Gasteiger partial charge >= 0.3 is 0 Å². The zero-order chi connectivity index (χ0) is 22.7. The number of piperazine rings is 1. The van der Waals surface area contributed by atoms with E-state index in [1.807, 2.05) is 31.0 Å². The molecule has 2 aromatic rings. The van der Waals surface area contributed by atoms with Crippen molar-refractivity contribution in [2.75, 3.05) is 49.3 Å². The van der Waals surface area contributed by atoms with E-state index in [9.17, 15) is 9.59 Å². The first-order chi connectivity index (χ1) is 15.4. The molecule has 1 unspecified atom stereocenters. The van der Waals surface area contributed by atoms with Gasteiger partial charge in [0.15, 0.2) is 0 Å². The molecule has 1 aliphatic heterocycles. The van der Waals surface area contributed by atoms with Gasteiger partial charge < -0.3 is 19.9 Å². The number of nitrogens with zero attached hydrogens (tertiary/aromatic N) is 3. The van der Waals surface area contributed by atoms with Crippen LogP contribution in [0.2, 0.25) is 0 Å². The quantitative estimate of drug-likeness (QED) is 0.465. The molecule has 0 aromatic carbocycles. The Bertz CT molecular complexity index is 1020. The maximum Gasteiger partial charge on any atom is 0.250 e. The molecule has 0 spiro atoms. The summed E-state index contributed by atoms with van der Waals surface area (Å²) in [4.78, 5) is 34.3. The van der Waals surface area contributed by atoms with Gasteiger partial charge in [0, 0.05) is 56.7 Å². The molecule has 32 heavy (non-hydrogen) atoms. The Balaban J connectivity index is 1.53. The predicted octanol–water partition coefficient (Wildman–Crippen LogP) is 2.90. The molecule has 2 aliphatic rings. The van der Waals surface area contributed by atoms with Crippen LogP contribution in [0.1, 0.15) is 25.3 Å². The second-order valence-electron chi connectivity index (χ2n) is 8.52. The number of anilines is 2. The van der Waals surface area contributed by atoms with Crippen molar-refractivity contribution in [3.05, 3.63) is 40.3 Å². The smallest absolute Gasteiger partial charge is 0.250 e. The molecule has 8 nitrogen and oxygen atoms in total. The summed E-state index contributed by atoms with van der Waals surface area (Å²) in [6, 6.07) is 5.76. The molecule has 0 bridgehead atoms. The molecule has 3 heterocycles. The molecule has 1 saturated heterocycles. The monoisotopic (exact) mass is 457 g/mol. The third-order valence-electron chi connectivity index (χ3n) is 5.90. The summed E-state index contributed by atoms with van der Waals surface area (Å²) < 4.78 is 7.51. The summed E-state index contributed by atoms with van der Waals surface area (Å²) in [6.07, 6.45) is 3.63. The number of rotatable bonds is 8. The van der Waals surface area contributed by atoms with E-state index in [0.717, 1.165) is 67.3 Å². The lowest BCUT2D eigenvalue weighted by atomic mass is 10.0. The second-order valence-corrected chi connectivity index (χ2v) is 9.71. The Morgan fingerprint density at radius 2 is 2.12 bits per heavy atom. The number of hydrogen-bond donors (Lipinski definition) is 2. The van der Waals surface area contributed by atoms with Gasteiger partial charge in [0.05, 0.1) is 6.61 Å². The average molecular weight is 458 g/mol. The molecule has 2 fully saturated rings. The van der Waals surface area contributed by atoms with Crippen molar-refractivity contribution in [1.29, 1.82) is 0 Å². The minimum Gasteiger partial charge on any atom is -0.384 e. The summed E-state index contributed by atoms with van der Waals surface area (Å²) in [5.74, 6) is 2.42. The number of carbonyl (C=O) groups is 1. The molecular formula is C23H31N5O3S. The number of ether oxygens (including phenoxy) is 1. The number of aromatic nitrogens is 2. The Morgan fingerprint density at radius 3 is 2.84 bits per heavy atom. The number of aryl methyl sites for hydroxylation is 1. The van der Waals surface area contributed by atoms with Crippen LogP contribution < -0.4 is 15.8 Å². The Labute approximate surface area is 192 Å². The van der Waals surface area contributed by atoms with Gasteiger partial charge in [-0.05, 0) is 55.5 Å². The van der Waals surface area contributed by atoms with E-state index in [2.05, 4.69) is 31.4 Å². The first-order valence-electron chi connectivity index (χ1n) is 11.1. The number of H-pyrrole nitrogens is 1. The maximum atomic E-state index is 12.5. The van der Waals surface area contributed by atoms with Gasteiger partial charge in [-0.25, -0.2) is 9.29 Å². The summed E-state index contributed by atoms with van der Waals surface area (Å²) in [5, 5.41) is 2.90. The molecule has 1 amide bonds. The summed E-state index contributed by atoms with van der Waals surface area (Å²) >= 11 is 1.81. The minimum atomic E-state index is -0.138. The van der Waals surface area contributed by atoms with Gasteiger partial charge in [0.2, 0.25) is 11.5 Å². The van der Waals surface area contributed by atoms with Crippen LogP contribution in [0.4, 0.5) is 11.6 Å². The van der Waals surface area contributed by atoms with E-state index in [1.165, 1.54) is 0 Å². The largest absolute Gasteiger partial charge is 0.384 e. The summed E-state index contributed by atoms with van der Waals surface area (Å²) in [5.41, 5.74) is 2.55. The van der Waals surface area contributed by atoms with Crippen LogP contribution in [0.3, 0.4) is 0 Å². The third-order valence-corrected chi connectivity index (χ3v) is 6.95. The topological polar surface area (TPSA) is 90.6 Å². The number of nitrogens with one attached hydrogen (secondary N) is 2. The number of carbonyl (C=O) groups excluding carboxylic acids is 1. The van der Waals surface area contributed by atoms with Crippen LogP contribution in [-0.2, 0) is 9.53 Å². The number of aromatic amines is 1. The fraction of sp³-hybridized carbons (Fsp3) is 0.522. The molecule has 9 heteroatoms. The summed E-state index contributed by atoms with van der Waals surface area (Å²) in [7, 11) is 1.72. The van der Waals surface area contributed by atoms with Gasteiger partial charge in [-0.2, -0.15) is 0 Å². The van der Waals surface area contributed by atoms with E-state index < -0.39 is 0 Å². The first kappa shape index (κ1) is 22.8. The SMILES string of the molecule is COCCSN1CCN(c2cc(-c3cc(NC(=O)C4CC4)ncc3C)cc(=O)[nH]2)C(C)C1. The number of hydrogen-bond acceptors (Lipinski definition) is 7. The molecule has 1 atom stereocenters. The predicted molar refractivity (Wildman–Crippen MR) is 129 cm³/mol. The average Bonchev–Trinajstić information content (AvgIpc) is 3.60. The van der Waals surface area contributed by atoms with E-state index in [-0.39, 0.29) is 23.4 Å².